The van der Waals surface area contributed by atoms with Gasteiger partial charge in [-0.1, -0.05) is 13.8 Å². The number of halogens is 1. The Labute approximate surface area is 80.5 Å². The number of alkyl halides is 1. The van der Waals surface area contributed by atoms with Gasteiger partial charge in [-0.3, -0.25) is 4.39 Å². The predicted octanol–water partition coefficient (Wildman–Crippen LogP) is 1.73. The molecule has 2 nitrogen and oxygen atoms in total. The molecular formula is C10H22FNO. The van der Waals surface area contributed by atoms with Crippen LogP contribution in [0.1, 0.15) is 33.1 Å². The largest absolute Gasteiger partial charge is 0.396 e. The van der Waals surface area contributed by atoms with Crippen LogP contribution in [0.2, 0.25) is 0 Å². The molecule has 0 heterocycles. The molecular weight excluding hydrogens is 169 g/mol. The van der Waals surface area contributed by atoms with Gasteiger partial charge >= 0.3 is 0 Å². The van der Waals surface area contributed by atoms with Crippen LogP contribution in [0.15, 0.2) is 0 Å². The molecule has 80 valence electrons. The number of hydrogen-bond acceptors (Lipinski definition) is 2. The lowest BCUT2D eigenvalue weighted by Gasteiger charge is -2.29. The molecule has 0 fully saturated rings. The van der Waals surface area contributed by atoms with Crippen LogP contribution in [-0.2, 0) is 0 Å². The second-order valence-corrected chi connectivity index (χ2v) is 3.58. The molecule has 0 unspecified atom stereocenters. The molecule has 0 spiro atoms. The second-order valence-electron chi connectivity index (χ2n) is 3.58. The molecule has 0 aromatic heterocycles. The normalized spacial score (nSPS) is 12.0. The summed E-state index contributed by atoms with van der Waals surface area (Å²) in [6, 6.07) is 0. The zero-order valence-electron chi connectivity index (χ0n) is 8.77. The Morgan fingerprint density at radius 3 is 2.31 bits per heavy atom. The molecule has 13 heavy (non-hydrogen) atoms. The first kappa shape index (κ1) is 12.8. The SMILES string of the molecule is CCC(CC)(CO)CNCCCF. The summed E-state index contributed by atoms with van der Waals surface area (Å²) in [5.74, 6) is 0. The number of aliphatic hydroxyl groups excluding tert-OH is 1. The monoisotopic (exact) mass is 191 g/mol. The standard InChI is InChI=1S/C10H22FNO/c1-3-10(4-2,9-13)8-12-7-5-6-11/h12-13H,3-9H2,1-2H3. The first-order chi connectivity index (χ1) is 6.24. The van der Waals surface area contributed by atoms with Crippen LogP contribution in [0.4, 0.5) is 4.39 Å². The van der Waals surface area contributed by atoms with Gasteiger partial charge in [0, 0.05) is 18.6 Å². The van der Waals surface area contributed by atoms with E-state index in [1.54, 1.807) is 0 Å². The number of hydrogen-bond donors (Lipinski definition) is 2. The Morgan fingerprint density at radius 2 is 1.92 bits per heavy atom. The Morgan fingerprint density at radius 1 is 1.31 bits per heavy atom. The molecule has 0 saturated heterocycles. The fraction of sp³-hybridized carbons (Fsp3) is 1.00. The van der Waals surface area contributed by atoms with Gasteiger partial charge in [-0.05, 0) is 25.8 Å². The van der Waals surface area contributed by atoms with Crippen LogP contribution >= 0.6 is 0 Å². The van der Waals surface area contributed by atoms with Crippen LogP contribution in [0.5, 0.6) is 0 Å². The smallest absolute Gasteiger partial charge is 0.0906 e. The van der Waals surface area contributed by atoms with E-state index in [-0.39, 0.29) is 18.7 Å². The average Bonchev–Trinajstić information content (AvgIpc) is 2.20. The molecule has 0 radical (unpaired) electrons. The van der Waals surface area contributed by atoms with Gasteiger partial charge in [0.2, 0.25) is 0 Å². The zero-order valence-corrected chi connectivity index (χ0v) is 8.77. The van der Waals surface area contributed by atoms with Crippen LogP contribution < -0.4 is 5.32 Å². The first-order valence-electron chi connectivity index (χ1n) is 5.12. The molecule has 0 aromatic rings. The van der Waals surface area contributed by atoms with Gasteiger partial charge < -0.3 is 10.4 Å². The van der Waals surface area contributed by atoms with Crippen molar-refractivity contribution in [3.8, 4) is 0 Å². The lowest BCUT2D eigenvalue weighted by molar-refractivity contribution is 0.113. The number of rotatable bonds is 8. The van der Waals surface area contributed by atoms with E-state index in [4.69, 9.17) is 0 Å². The van der Waals surface area contributed by atoms with Gasteiger partial charge in [0.15, 0.2) is 0 Å². The summed E-state index contributed by atoms with van der Waals surface area (Å²) in [5, 5.41) is 12.4. The third-order valence-electron chi connectivity index (χ3n) is 2.82. The van der Waals surface area contributed by atoms with E-state index < -0.39 is 0 Å². The van der Waals surface area contributed by atoms with Gasteiger partial charge in [-0.15, -0.1) is 0 Å². The number of nitrogens with one attached hydrogen (secondary N) is 1. The van der Waals surface area contributed by atoms with E-state index >= 15 is 0 Å². The Kier molecular flexibility index (Phi) is 7.19. The van der Waals surface area contributed by atoms with Gasteiger partial charge in [0.25, 0.3) is 0 Å². The van der Waals surface area contributed by atoms with Crippen molar-refractivity contribution in [3.05, 3.63) is 0 Å². The van der Waals surface area contributed by atoms with Crippen molar-refractivity contribution >= 4 is 0 Å². The Bertz CT molecular complexity index is 107. The van der Waals surface area contributed by atoms with Crippen LogP contribution in [0.3, 0.4) is 0 Å². The van der Waals surface area contributed by atoms with E-state index in [9.17, 15) is 9.50 Å². The zero-order chi connectivity index (χ0) is 10.2. The third kappa shape index (κ3) is 4.58. The minimum atomic E-state index is -0.266. The molecule has 0 aliphatic rings. The van der Waals surface area contributed by atoms with Crippen LogP contribution in [-0.4, -0.2) is 31.5 Å². The predicted molar refractivity (Wildman–Crippen MR) is 53.6 cm³/mol. The average molecular weight is 191 g/mol. The molecule has 0 rings (SSSR count). The van der Waals surface area contributed by atoms with E-state index in [2.05, 4.69) is 19.2 Å². The van der Waals surface area contributed by atoms with Crippen molar-refractivity contribution in [1.29, 1.82) is 0 Å². The summed E-state index contributed by atoms with van der Waals surface area (Å²) in [7, 11) is 0. The first-order valence-corrected chi connectivity index (χ1v) is 5.12. The van der Waals surface area contributed by atoms with Gasteiger partial charge in [0.1, 0.15) is 0 Å². The minimum Gasteiger partial charge on any atom is -0.396 e. The van der Waals surface area contributed by atoms with E-state index in [1.165, 1.54) is 0 Å². The van der Waals surface area contributed by atoms with E-state index in [1.807, 2.05) is 0 Å². The van der Waals surface area contributed by atoms with Gasteiger partial charge in [-0.2, -0.15) is 0 Å². The molecule has 0 aliphatic carbocycles. The summed E-state index contributed by atoms with van der Waals surface area (Å²) in [6.45, 7) is 5.60. The summed E-state index contributed by atoms with van der Waals surface area (Å²) in [6.07, 6.45) is 2.49. The van der Waals surface area contributed by atoms with E-state index in [0.29, 0.717) is 13.0 Å². The number of aliphatic hydroxyl groups is 1. The summed E-state index contributed by atoms with van der Waals surface area (Å²) in [5.41, 5.74) is -0.00366. The maximum atomic E-state index is 11.8. The van der Waals surface area contributed by atoms with Crippen molar-refractivity contribution < 1.29 is 9.50 Å². The van der Waals surface area contributed by atoms with Crippen LogP contribution in [0, 0.1) is 5.41 Å². The summed E-state index contributed by atoms with van der Waals surface area (Å²) >= 11 is 0. The quantitative estimate of drug-likeness (QED) is 0.573. The lowest BCUT2D eigenvalue weighted by atomic mass is 9.83. The highest BCUT2D eigenvalue weighted by molar-refractivity contribution is 4.77. The molecule has 0 saturated carbocycles. The summed E-state index contributed by atoms with van der Waals surface area (Å²) in [4.78, 5) is 0. The highest BCUT2D eigenvalue weighted by Crippen LogP contribution is 2.24. The van der Waals surface area contributed by atoms with Crippen LogP contribution in [0.25, 0.3) is 0 Å². The molecule has 0 bridgehead atoms. The fourth-order valence-corrected chi connectivity index (χ4v) is 1.32. The van der Waals surface area contributed by atoms with E-state index in [0.717, 1.165) is 19.4 Å². The third-order valence-corrected chi connectivity index (χ3v) is 2.82. The Hall–Kier alpha value is -0.150. The highest BCUT2D eigenvalue weighted by atomic mass is 19.1. The van der Waals surface area contributed by atoms with Gasteiger partial charge in [0.05, 0.1) is 6.67 Å². The van der Waals surface area contributed by atoms with Crippen molar-refractivity contribution in [2.45, 2.75) is 33.1 Å². The van der Waals surface area contributed by atoms with Crippen molar-refractivity contribution in [2.75, 3.05) is 26.4 Å². The molecule has 2 N–H and O–H groups in total. The minimum absolute atomic E-state index is 0.00366. The molecule has 0 aromatic carbocycles. The molecule has 0 aliphatic heterocycles. The molecule has 3 heteroatoms. The van der Waals surface area contributed by atoms with Gasteiger partial charge in [-0.25, -0.2) is 0 Å². The van der Waals surface area contributed by atoms with Crippen molar-refractivity contribution in [1.82, 2.24) is 5.32 Å². The maximum Gasteiger partial charge on any atom is 0.0906 e. The van der Waals surface area contributed by atoms with Crippen molar-refractivity contribution in [2.24, 2.45) is 5.41 Å². The topological polar surface area (TPSA) is 32.3 Å². The Balaban J connectivity index is 3.68. The molecule has 0 amide bonds. The summed E-state index contributed by atoms with van der Waals surface area (Å²) < 4.78 is 11.8. The van der Waals surface area contributed by atoms with Crippen molar-refractivity contribution in [3.63, 3.8) is 0 Å². The second kappa shape index (κ2) is 7.27. The highest BCUT2D eigenvalue weighted by Gasteiger charge is 2.24. The fourth-order valence-electron chi connectivity index (χ4n) is 1.32. The lowest BCUT2D eigenvalue weighted by Crippen LogP contribution is -2.37. The molecule has 0 atom stereocenters. The maximum absolute atomic E-state index is 11.8.